The average molecular weight is 270 g/mol. The van der Waals surface area contributed by atoms with E-state index < -0.39 is 11.4 Å². The highest BCUT2D eigenvalue weighted by Gasteiger charge is 2.30. The van der Waals surface area contributed by atoms with Crippen molar-refractivity contribution < 1.29 is 14.7 Å². The Hall–Kier alpha value is -1.10. The second kappa shape index (κ2) is 6.37. The number of hydrogen-bond acceptors (Lipinski definition) is 3. The summed E-state index contributed by atoms with van der Waals surface area (Å²) in [4.78, 5) is 27.1. The van der Waals surface area contributed by atoms with E-state index in [1.165, 1.54) is 0 Å². The van der Waals surface area contributed by atoms with Crippen molar-refractivity contribution in [1.29, 1.82) is 0 Å². The molecule has 110 valence electrons. The van der Waals surface area contributed by atoms with Crippen molar-refractivity contribution in [1.82, 2.24) is 9.80 Å². The monoisotopic (exact) mass is 270 g/mol. The fourth-order valence-electron chi connectivity index (χ4n) is 2.59. The summed E-state index contributed by atoms with van der Waals surface area (Å²) in [5, 5.41) is 8.85. The topological polar surface area (TPSA) is 60.9 Å². The molecule has 0 bridgehead atoms. The van der Waals surface area contributed by atoms with E-state index in [2.05, 4.69) is 11.9 Å². The van der Waals surface area contributed by atoms with Gasteiger partial charge in [0.25, 0.3) is 0 Å². The maximum Gasteiger partial charge on any atom is 0.303 e. The SMILES string of the molecule is CN1CCC(N(C)C(=O)CC(C)(C)CC(=O)O)CC1. The molecule has 19 heavy (non-hydrogen) atoms. The van der Waals surface area contributed by atoms with E-state index in [1.807, 2.05) is 25.8 Å². The van der Waals surface area contributed by atoms with Crippen LogP contribution in [0.25, 0.3) is 0 Å². The molecule has 5 heteroatoms. The Morgan fingerprint density at radius 2 is 1.79 bits per heavy atom. The number of hydrogen-bond donors (Lipinski definition) is 1. The maximum atomic E-state index is 12.2. The molecule has 0 saturated carbocycles. The molecule has 0 aliphatic carbocycles. The molecule has 0 spiro atoms. The molecule has 1 rings (SSSR count). The van der Waals surface area contributed by atoms with Crippen LogP contribution < -0.4 is 0 Å². The minimum absolute atomic E-state index is 0.0278. The van der Waals surface area contributed by atoms with Gasteiger partial charge in [0.05, 0.1) is 6.42 Å². The number of rotatable bonds is 5. The lowest BCUT2D eigenvalue weighted by atomic mass is 9.85. The van der Waals surface area contributed by atoms with Crippen molar-refractivity contribution in [2.75, 3.05) is 27.2 Å². The number of carbonyl (C=O) groups excluding carboxylic acids is 1. The summed E-state index contributed by atoms with van der Waals surface area (Å²) in [5.41, 5.74) is -0.483. The highest BCUT2D eigenvalue weighted by Crippen LogP contribution is 2.27. The predicted molar refractivity (Wildman–Crippen MR) is 73.9 cm³/mol. The van der Waals surface area contributed by atoms with E-state index in [0.29, 0.717) is 12.5 Å². The van der Waals surface area contributed by atoms with Crippen molar-refractivity contribution >= 4 is 11.9 Å². The minimum Gasteiger partial charge on any atom is -0.481 e. The molecule has 1 aliphatic rings. The molecule has 1 N–H and O–H groups in total. The number of carboxylic acid groups (broad SMARTS) is 1. The van der Waals surface area contributed by atoms with Gasteiger partial charge >= 0.3 is 5.97 Å². The van der Waals surface area contributed by atoms with Crippen LogP contribution in [-0.2, 0) is 9.59 Å². The van der Waals surface area contributed by atoms with Gasteiger partial charge in [-0.05, 0) is 38.4 Å². The van der Waals surface area contributed by atoms with Crippen LogP contribution in [0.1, 0.15) is 39.5 Å². The molecule has 1 heterocycles. The van der Waals surface area contributed by atoms with Gasteiger partial charge in [0.2, 0.25) is 5.91 Å². The number of nitrogens with zero attached hydrogens (tertiary/aromatic N) is 2. The van der Waals surface area contributed by atoms with Crippen LogP contribution in [0.4, 0.5) is 0 Å². The van der Waals surface area contributed by atoms with Crippen molar-refractivity contribution in [2.45, 2.75) is 45.6 Å². The van der Waals surface area contributed by atoms with Gasteiger partial charge in [-0.3, -0.25) is 9.59 Å². The van der Waals surface area contributed by atoms with Gasteiger partial charge in [0, 0.05) is 19.5 Å². The number of aliphatic carboxylic acids is 1. The Kier molecular flexibility index (Phi) is 5.35. The van der Waals surface area contributed by atoms with Crippen LogP contribution in [-0.4, -0.2) is 60.0 Å². The summed E-state index contributed by atoms with van der Waals surface area (Å²) in [6.07, 6.45) is 2.32. The van der Waals surface area contributed by atoms with Crippen molar-refractivity contribution in [3.05, 3.63) is 0 Å². The van der Waals surface area contributed by atoms with Crippen LogP contribution in [0.5, 0.6) is 0 Å². The van der Waals surface area contributed by atoms with E-state index >= 15 is 0 Å². The molecule has 0 aromatic rings. The van der Waals surface area contributed by atoms with Crippen molar-refractivity contribution in [2.24, 2.45) is 5.41 Å². The van der Waals surface area contributed by atoms with Crippen LogP contribution in [0.2, 0.25) is 0 Å². The Morgan fingerprint density at radius 1 is 1.26 bits per heavy atom. The first-order valence-corrected chi connectivity index (χ1v) is 6.87. The number of amides is 1. The van der Waals surface area contributed by atoms with Crippen molar-refractivity contribution in [3.63, 3.8) is 0 Å². The largest absolute Gasteiger partial charge is 0.481 e. The first-order valence-electron chi connectivity index (χ1n) is 6.87. The summed E-state index contributed by atoms with van der Waals surface area (Å²) in [6, 6.07) is 0.296. The smallest absolute Gasteiger partial charge is 0.303 e. The fourth-order valence-corrected chi connectivity index (χ4v) is 2.59. The molecular formula is C14H26N2O3. The molecule has 1 aliphatic heterocycles. The average Bonchev–Trinajstić information content (AvgIpc) is 2.26. The number of piperidine rings is 1. The standard InChI is InChI=1S/C14H26N2O3/c1-14(2,10-13(18)19)9-12(17)16(4)11-5-7-15(3)8-6-11/h11H,5-10H2,1-4H3,(H,18,19). The first kappa shape index (κ1) is 16.0. The van der Waals surface area contributed by atoms with Gasteiger partial charge in [-0.2, -0.15) is 0 Å². The van der Waals surface area contributed by atoms with Crippen LogP contribution in [0.3, 0.4) is 0 Å². The van der Waals surface area contributed by atoms with Gasteiger partial charge in [0.15, 0.2) is 0 Å². The van der Waals surface area contributed by atoms with Gasteiger partial charge in [-0.1, -0.05) is 13.8 Å². The van der Waals surface area contributed by atoms with Crippen molar-refractivity contribution in [3.8, 4) is 0 Å². The zero-order valence-corrected chi connectivity index (χ0v) is 12.5. The summed E-state index contributed by atoms with van der Waals surface area (Å²) in [5.74, 6) is -0.791. The molecule has 1 fully saturated rings. The van der Waals surface area contributed by atoms with E-state index in [-0.39, 0.29) is 12.3 Å². The third-order valence-electron chi connectivity index (χ3n) is 3.89. The zero-order valence-electron chi connectivity index (χ0n) is 12.5. The second-order valence-electron chi connectivity index (χ2n) is 6.45. The quantitative estimate of drug-likeness (QED) is 0.821. The second-order valence-corrected chi connectivity index (χ2v) is 6.45. The highest BCUT2D eigenvalue weighted by molar-refractivity contribution is 5.78. The molecule has 0 radical (unpaired) electrons. The summed E-state index contributed by atoms with van der Waals surface area (Å²) in [7, 11) is 3.93. The third kappa shape index (κ3) is 5.19. The van der Waals surface area contributed by atoms with Gasteiger partial charge in [-0.25, -0.2) is 0 Å². The van der Waals surface area contributed by atoms with E-state index in [1.54, 1.807) is 0 Å². The molecule has 5 nitrogen and oxygen atoms in total. The molecule has 0 aromatic carbocycles. The van der Waals surface area contributed by atoms with E-state index in [9.17, 15) is 9.59 Å². The van der Waals surface area contributed by atoms with Crippen LogP contribution in [0.15, 0.2) is 0 Å². The summed E-state index contributed by atoms with van der Waals surface area (Å²) in [6.45, 7) is 5.70. The van der Waals surface area contributed by atoms with E-state index in [0.717, 1.165) is 25.9 Å². The van der Waals surface area contributed by atoms with Gasteiger partial charge < -0.3 is 14.9 Å². The molecule has 0 atom stereocenters. The van der Waals surface area contributed by atoms with Crippen LogP contribution in [0, 0.1) is 5.41 Å². The number of likely N-dealkylation sites (tertiary alicyclic amines) is 1. The zero-order chi connectivity index (χ0) is 14.6. The minimum atomic E-state index is -0.847. The number of carbonyl (C=O) groups is 2. The highest BCUT2D eigenvalue weighted by atomic mass is 16.4. The van der Waals surface area contributed by atoms with Crippen LogP contribution >= 0.6 is 0 Å². The fraction of sp³-hybridized carbons (Fsp3) is 0.857. The first-order chi connectivity index (χ1) is 8.71. The lowest BCUT2D eigenvalue weighted by Gasteiger charge is -2.36. The van der Waals surface area contributed by atoms with Gasteiger partial charge in [-0.15, -0.1) is 0 Å². The third-order valence-corrected chi connectivity index (χ3v) is 3.89. The Bertz CT molecular complexity index is 334. The summed E-state index contributed by atoms with van der Waals surface area (Å²) < 4.78 is 0. The lowest BCUT2D eigenvalue weighted by molar-refractivity contribution is -0.141. The number of carboxylic acids is 1. The Morgan fingerprint density at radius 3 is 2.26 bits per heavy atom. The molecule has 0 aromatic heterocycles. The molecule has 1 saturated heterocycles. The maximum absolute atomic E-state index is 12.2. The van der Waals surface area contributed by atoms with E-state index in [4.69, 9.17) is 5.11 Å². The summed E-state index contributed by atoms with van der Waals surface area (Å²) >= 11 is 0. The molecular weight excluding hydrogens is 244 g/mol. The van der Waals surface area contributed by atoms with Gasteiger partial charge in [0.1, 0.15) is 0 Å². The Labute approximate surface area is 115 Å². The normalized spacial score (nSPS) is 18.3. The molecule has 0 unspecified atom stereocenters. The Balaban J connectivity index is 2.50. The predicted octanol–water partition coefficient (Wildman–Crippen LogP) is 1.43. The molecule has 1 amide bonds. The lowest BCUT2D eigenvalue weighted by Crippen LogP contribution is -2.45.